The van der Waals surface area contributed by atoms with Crippen molar-refractivity contribution >= 4 is 24.0 Å². The van der Waals surface area contributed by atoms with Crippen LogP contribution in [0.1, 0.15) is 37.5 Å². The van der Waals surface area contributed by atoms with Gasteiger partial charge in [0.05, 0.1) is 6.04 Å². The van der Waals surface area contributed by atoms with Gasteiger partial charge in [0, 0.05) is 0 Å². The van der Waals surface area contributed by atoms with Crippen molar-refractivity contribution in [2.75, 3.05) is 0 Å². The SMILES string of the molecule is Cl.N[C@@H](c1ccc(Cl)o1)C1CCCC1. The van der Waals surface area contributed by atoms with Crippen molar-refractivity contribution in [3.05, 3.63) is 23.1 Å². The van der Waals surface area contributed by atoms with Crippen molar-refractivity contribution in [3.63, 3.8) is 0 Å². The van der Waals surface area contributed by atoms with Crippen LogP contribution in [-0.2, 0) is 0 Å². The summed E-state index contributed by atoms with van der Waals surface area (Å²) >= 11 is 5.69. The average Bonchev–Trinajstić information content (AvgIpc) is 2.72. The van der Waals surface area contributed by atoms with Gasteiger partial charge in [-0.15, -0.1) is 12.4 Å². The second kappa shape index (κ2) is 5.06. The summed E-state index contributed by atoms with van der Waals surface area (Å²) in [5.74, 6) is 1.42. The van der Waals surface area contributed by atoms with Gasteiger partial charge in [-0.1, -0.05) is 12.8 Å². The van der Waals surface area contributed by atoms with Crippen LogP contribution < -0.4 is 5.73 Å². The van der Waals surface area contributed by atoms with Crippen LogP contribution in [0.15, 0.2) is 16.5 Å². The molecule has 2 nitrogen and oxygen atoms in total. The first-order valence-corrected chi connectivity index (χ1v) is 5.16. The fraction of sp³-hybridized carbons (Fsp3) is 0.600. The van der Waals surface area contributed by atoms with E-state index in [2.05, 4.69) is 0 Å². The maximum Gasteiger partial charge on any atom is 0.193 e. The van der Waals surface area contributed by atoms with Crippen molar-refractivity contribution in [1.82, 2.24) is 0 Å². The molecule has 0 bridgehead atoms. The zero-order valence-electron chi connectivity index (χ0n) is 7.91. The maximum absolute atomic E-state index is 6.06. The van der Waals surface area contributed by atoms with E-state index in [1.165, 1.54) is 25.7 Å². The van der Waals surface area contributed by atoms with Gasteiger partial charge >= 0.3 is 0 Å². The third-order valence-corrected chi connectivity index (χ3v) is 3.03. The van der Waals surface area contributed by atoms with Gasteiger partial charge in [0.2, 0.25) is 0 Å². The number of nitrogens with two attached hydrogens (primary N) is 1. The molecule has 1 aromatic heterocycles. The van der Waals surface area contributed by atoms with Crippen LogP contribution >= 0.6 is 24.0 Å². The summed E-state index contributed by atoms with van der Waals surface area (Å²) in [4.78, 5) is 0. The van der Waals surface area contributed by atoms with E-state index < -0.39 is 0 Å². The predicted octanol–water partition coefficient (Wildman–Crippen LogP) is 3.54. The fourth-order valence-corrected chi connectivity index (χ4v) is 2.21. The van der Waals surface area contributed by atoms with E-state index in [4.69, 9.17) is 21.8 Å². The van der Waals surface area contributed by atoms with E-state index in [-0.39, 0.29) is 18.4 Å². The fourth-order valence-electron chi connectivity index (χ4n) is 2.06. The molecule has 1 saturated carbocycles. The van der Waals surface area contributed by atoms with E-state index in [1.54, 1.807) is 6.07 Å². The second-order valence-electron chi connectivity index (χ2n) is 3.71. The Morgan fingerprint density at radius 2 is 2.00 bits per heavy atom. The third-order valence-electron chi connectivity index (χ3n) is 2.83. The summed E-state index contributed by atoms with van der Waals surface area (Å²) in [5, 5.41) is 0.434. The van der Waals surface area contributed by atoms with Crippen molar-refractivity contribution in [2.24, 2.45) is 11.7 Å². The molecule has 0 aromatic carbocycles. The van der Waals surface area contributed by atoms with Gasteiger partial charge in [-0.25, -0.2) is 0 Å². The van der Waals surface area contributed by atoms with Crippen molar-refractivity contribution in [1.29, 1.82) is 0 Å². The van der Waals surface area contributed by atoms with Gasteiger partial charge in [0.25, 0.3) is 0 Å². The normalized spacial score (nSPS) is 19.3. The highest BCUT2D eigenvalue weighted by atomic mass is 35.5. The van der Waals surface area contributed by atoms with E-state index in [0.717, 1.165) is 5.76 Å². The van der Waals surface area contributed by atoms with Crippen LogP contribution in [-0.4, -0.2) is 0 Å². The summed E-state index contributed by atoms with van der Waals surface area (Å²) in [6.07, 6.45) is 5.04. The maximum atomic E-state index is 6.06. The molecule has 0 aliphatic heterocycles. The molecule has 0 amide bonds. The number of hydrogen-bond acceptors (Lipinski definition) is 2. The predicted molar refractivity (Wildman–Crippen MR) is 59.9 cm³/mol. The lowest BCUT2D eigenvalue weighted by atomic mass is 9.97. The van der Waals surface area contributed by atoms with E-state index >= 15 is 0 Å². The molecule has 2 rings (SSSR count). The van der Waals surface area contributed by atoms with Gasteiger partial charge in [0.15, 0.2) is 5.22 Å². The lowest BCUT2D eigenvalue weighted by molar-refractivity contribution is 0.370. The van der Waals surface area contributed by atoms with E-state index in [9.17, 15) is 0 Å². The highest BCUT2D eigenvalue weighted by Gasteiger charge is 2.25. The lowest BCUT2D eigenvalue weighted by Gasteiger charge is -2.15. The molecule has 0 saturated heterocycles. The average molecular weight is 236 g/mol. The second-order valence-corrected chi connectivity index (χ2v) is 4.08. The smallest absolute Gasteiger partial charge is 0.193 e. The first-order chi connectivity index (χ1) is 6.27. The van der Waals surface area contributed by atoms with E-state index in [1.807, 2.05) is 6.07 Å². The van der Waals surface area contributed by atoms with Crippen molar-refractivity contribution < 1.29 is 4.42 Å². The number of rotatable bonds is 2. The van der Waals surface area contributed by atoms with Gasteiger partial charge in [-0.3, -0.25) is 0 Å². The Morgan fingerprint density at radius 1 is 1.36 bits per heavy atom. The number of furan rings is 1. The summed E-state index contributed by atoms with van der Waals surface area (Å²) in [5.41, 5.74) is 6.06. The van der Waals surface area contributed by atoms with Crippen LogP contribution in [0.4, 0.5) is 0 Å². The first kappa shape index (κ1) is 11.9. The Labute approximate surface area is 95.2 Å². The van der Waals surface area contributed by atoms with Crippen LogP contribution in [0, 0.1) is 5.92 Å². The third kappa shape index (κ3) is 2.44. The lowest BCUT2D eigenvalue weighted by Crippen LogP contribution is -2.18. The molecule has 2 N–H and O–H groups in total. The minimum absolute atomic E-state index is 0. The molecular formula is C10H15Cl2NO. The molecule has 0 spiro atoms. The Morgan fingerprint density at radius 3 is 2.50 bits per heavy atom. The summed E-state index contributed by atoms with van der Waals surface area (Å²) in [7, 11) is 0. The highest BCUT2D eigenvalue weighted by Crippen LogP contribution is 2.35. The van der Waals surface area contributed by atoms with Crippen LogP contribution in [0.5, 0.6) is 0 Å². The molecule has 1 aliphatic rings. The number of halogens is 2. The summed E-state index contributed by atoms with van der Waals surface area (Å²) in [6, 6.07) is 3.67. The van der Waals surface area contributed by atoms with Gasteiger partial charge < -0.3 is 10.2 Å². The molecular weight excluding hydrogens is 221 g/mol. The van der Waals surface area contributed by atoms with Crippen LogP contribution in [0.2, 0.25) is 5.22 Å². The quantitative estimate of drug-likeness (QED) is 0.852. The largest absolute Gasteiger partial charge is 0.448 e. The Bertz CT molecular complexity index is 281. The Kier molecular flexibility index (Phi) is 4.30. The molecule has 1 heterocycles. The molecule has 1 fully saturated rings. The molecule has 14 heavy (non-hydrogen) atoms. The highest BCUT2D eigenvalue weighted by molar-refractivity contribution is 6.28. The molecule has 0 radical (unpaired) electrons. The Hall–Kier alpha value is -0.180. The first-order valence-electron chi connectivity index (χ1n) is 4.78. The molecule has 0 unspecified atom stereocenters. The van der Waals surface area contributed by atoms with Gasteiger partial charge in [-0.2, -0.15) is 0 Å². The van der Waals surface area contributed by atoms with Crippen molar-refractivity contribution in [2.45, 2.75) is 31.7 Å². The summed E-state index contributed by atoms with van der Waals surface area (Å²) in [6.45, 7) is 0. The topological polar surface area (TPSA) is 39.2 Å². The van der Waals surface area contributed by atoms with Gasteiger partial charge in [0.1, 0.15) is 5.76 Å². The molecule has 1 atom stereocenters. The minimum atomic E-state index is 0. The monoisotopic (exact) mass is 235 g/mol. The zero-order valence-corrected chi connectivity index (χ0v) is 9.48. The standard InChI is InChI=1S/C10H14ClNO.ClH/c11-9-6-5-8(13-9)10(12)7-3-1-2-4-7;/h5-7,10H,1-4,12H2;1H/t10-;/m1./s1. The Balaban J connectivity index is 0.000000980. The van der Waals surface area contributed by atoms with E-state index in [0.29, 0.717) is 11.1 Å². The molecule has 1 aliphatic carbocycles. The van der Waals surface area contributed by atoms with Gasteiger partial charge in [-0.05, 0) is 42.5 Å². The molecule has 4 heteroatoms. The van der Waals surface area contributed by atoms with Crippen LogP contribution in [0.25, 0.3) is 0 Å². The summed E-state index contributed by atoms with van der Waals surface area (Å²) < 4.78 is 5.30. The molecule has 80 valence electrons. The minimum Gasteiger partial charge on any atom is -0.448 e. The molecule has 1 aromatic rings. The van der Waals surface area contributed by atoms with Crippen LogP contribution in [0.3, 0.4) is 0 Å². The van der Waals surface area contributed by atoms with Crippen molar-refractivity contribution in [3.8, 4) is 0 Å². The zero-order chi connectivity index (χ0) is 9.26. The number of hydrogen-bond donors (Lipinski definition) is 1.